The van der Waals surface area contributed by atoms with E-state index in [1.165, 1.54) is 0 Å². The zero-order chi connectivity index (χ0) is 7.28. The minimum absolute atomic E-state index is 0.809. The van der Waals surface area contributed by atoms with Crippen molar-refractivity contribution < 1.29 is 0 Å². The van der Waals surface area contributed by atoms with Gasteiger partial charge in [0.05, 0.1) is 0 Å². The fourth-order valence-corrected chi connectivity index (χ4v) is 0.400. The number of nitriles is 1. The van der Waals surface area contributed by atoms with E-state index in [9.17, 15) is 0 Å². The number of likely N-dealkylation sites (N-methyl/N-ethyl adjacent to an activating group) is 2. The molecule has 0 aliphatic carbocycles. The predicted octanol–water partition coefficient (Wildman–Crippen LogP) is -0.0391. The van der Waals surface area contributed by atoms with E-state index in [0.717, 1.165) is 13.1 Å². The lowest BCUT2D eigenvalue weighted by molar-refractivity contribution is 0.347. The van der Waals surface area contributed by atoms with Crippen molar-refractivity contribution in [3.05, 3.63) is 0 Å². The standard InChI is InChI=1S/C6H13N3/c1-8(2)4-5-9(3)6-7/h4-5H2,1-3H3. The van der Waals surface area contributed by atoms with Crippen molar-refractivity contribution >= 4 is 0 Å². The highest BCUT2D eigenvalue weighted by Gasteiger charge is 1.92. The molecule has 0 rings (SSSR count). The first kappa shape index (κ1) is 8.25. The third-order valence-electron chi connectivity index (χ3n) is 1.05. The molecular weight excluding hydrogens is 114 g/mol. The highest BCUT2D eigenvalue weighted by Crippen LogP contribution is 1.78. The van der Waals surface area contributed by atoms with Crippen LogP contribution < -0.4 is 0 Å². The van der Waals surface area contributed by atoms with Gasteiger partial charge in [0, 0.05) is 20.1 Å². The minimum atomic E-state index is 0.809. The van der Waals surface area contributed by atoms with Crippen LogP contribution in [0.25, 0.3) is 0 Å². The zero-order valence-corrected chi connectivity index (χ0v) is 6.26. The monoisotopic (exact) mass is 127 g/mol. The van der Waals surface area contributed by atoms with Gasteiger partial charge in [-0.25, -0.2) is 0 Å². The summed E-state index contributed by atoms with van der Waals surface area (Å²) >= 11 is 0. The van der Waals surface area contributed by atoms with Crippen LogP contribution in [0.15, 0.2) is 0 Å². The topological polar surface area (TPSA) is 30.3 Å². The van der Waals surface area contributed by atoms with Gasteiger partial charge in [0.1, 0.15) is 0 Å². The van der Waals surface area contributed by atoms with E-state index in [0.29, 0.717) is 0 Å². The smallest absolute Gasteiger partial charge is 0.179 e. The first-order valence-electron chi connectivity index (χ1n) is 2.92. The molecule has 0 spiro atoms. The molecule has 0 aromatic heterocycles. The minimum Gasteiger partial charge on any atom is -0.312 e. The van der Waals surface area contributed by atoms with Gasteiger partial charge in [0.2, 0.25) is 0 Å². The van der Waals surface area contributed by atoms with Crippen LogP contribution in [0.5, 0.6) is 0 Å². The van der Waals surface area contributed by atoms with Crippen LogP contribution in [0.4, 0.5) is 0 Å². The molecule has 0 heterocycles. The average Bonchev–Trinajstić information content (AvgIpc) is 1.83. The first-order valence-corrected chi connectivity index (χ1v) is 2.92. The number of hydrogen-bond acceptors (Lipinski definition) is 3. The average molecular weight is 127 g/mol. The summed E-state index contributed by atoms with van der Waals surface area (Å²) < 4.78 is 0. The number of rotatable bonds is 3. The lowest BCUT2D eigenvalue weighted by Gasteiger charge is -2.12. The maximum absolute atomic E-state index is 8.31. The summed E-state index contributed by atoms with van der Waals surface area (Å²) in [6.07, 6.45) is 2.03. The van der Waals surface area contributed by atoms with Crippen molar-refractivity contribution in [1.29, 1.82) is 5.26 Å². The van der Waals surface area contributed by atoms with Crippen molar-refractivity contribution in [2.75, 3.05) is 34.2 Å². The molecule has 0 aliphatic heterocycles. The van der Waals surface area contributed by atoms with E-state index in [1.54, 1.807) is 11.9 Å². The summed E-state index contributed by atoms with van der Waals surface area (Å²) in [5, 5.41) is 8.31. The third-order valence-corrected chi connectivity index (χ3v) is 1.05. The third kappa shape index (κ3) is 5.12. The molecule has 0 fully saturated rings. The molecule has 0 bridgehead atoms. The van der Waals surface area contributed by atoms with Gasteiger partial charge in [0.15, 0.2) is 6.19 Å². The second-order valence-corrected chi connectivity index (χ2v) is 2.32. The summed E-state index contributed by atoms with van der Waals surface area (Å²) in [7, 11) is 5.76. The molecule has 0 aromatic rings. The number of nitrogens with zero attached hydrogens (tertiary/aromatic N) is 3. The molecule has 0 saturated carbocycles. The zero-order valence-electron chi connectivity index (χ0n) is 6.26. The van der Waals surface area contributed by atoms with Crippen LogP contribution in [0.1, 0.15) is 0 Å². The van der Waals surface area contributed by atoms with E-state index < -0.39 is 0 Å². The van der Waals surface area contributed by atoms with Gasteiger partial charge in [-0.15, -0.1) is 0 Å². The molecule has 0 aromatic carbocycles. The highest BCUT2D eigenvalue weighted by atomic mass is 15.1. The Labute approximate surface area is 56.5 Å². The summed E-state index contributed by atoms with van der Waals surface area (Å²) in [6, 6.07) is 0. The van der Waals surface area contributed by atoms with E-state index in [-0.39, 0.29) is 0 Å². The van der Waals surface area contributed by atoms with Crippen LogP contribution in [-0.4, -0.2) is 44.0 Å². The van der Waals surface area contributed by atoms with Crippen LogP contribution in [-0.2, 0) is 0 Å². The van der Waals surface area contributed by atoms with Gasteiger partial charge in [-0.3, -0.25) is 0 Å². The Hall–Kier alpha value is -0.750. The Morgan fingerprint density at radius 3 is 2.11 bits per heavy atom. The normalized spacial score (nSPS) is 9.22. The van der Waals surface area contributed by atoms with Gasteiger partial charge in [-0.1, -0.05) is 0 Å². The second-order valence-electron chi connectivity index (χ2n) is 2.32. The number of hydrogen-bond donors (Lipinski definition) is 0. The van der Waals surface area contributed by atoms with Crippen molar-refractivity contribution in [2.45, 2.75) is 0 Å². The van der Waals surface area contributed by atoms with Crippen LogP contribution in [0.3, 0.4) is 0 Å². The summed E-state index contributed by atoms with van der Waals surface area (Å²) in [6.45, 7) is 1.74. The Morgan fingerprint density at radius 1 is 1.22 bits per heavy atom. The van der Waals surface area contributed by atoms with Gasteiger partial charge in [-0.05, 0) is 14.1 Å². The second kappa shape index (κ2) is 4.16. The van der Waals surface area contributed by atoms with Crippen LogP contribution >= 0.6 is 0 Å². The first-order chi connectivity index (χ1) is 4.16. The van der Waals surface area contributed by atoms with Crippen LogP contribution in [0.2, 0.25) is 0 Å². The van der Waals surface area contributed by atoms with Crippen LogP contribution in [0, 0.1) is 11.5 Å². The Morgan fingerprint density at radius 2 is 1.78 bits per heavy atom. The lowest BCUT2D eigenvalue weighted by atomic mass is 10.5. The molecule has 52 valence electrons. The maximum atomic E-state index is 8.31. The summed E-state index contributed by atoms with van der Waals surface area (Å²) in [5.41, 5.74) is 0. The van der Waals surface area contributed by atoms with E-state index in [1.807, 2.05) is 25.2 Å². The SMILES string of the molecule is CN(C)CCN(C)C#N. The molecule has 9 heavy (non-hydrogen) atoms. The summed E-state index contributed by atoms with van der Waals surface area (Å²) in [5.74, 6) is 0. The van der Waals surface area contributed by atoms with Gasteiger partial charge < -0.3 is 9.80 Å². The Kier molecular flexibility index (Phi) is 3.81. The maximum Gasteiger partial charge on any atom is 0.179 e. The molecule has 0 radical (unpaired) electrons. The predicted molar refractivity (Wildman–Crippen MR) is 36.8 cm³/mol. The molecule has 0 unspecified atom stereocenters. The fourth-order valence-electron chi connectivity index (χ4n) is 0.400. The lowest BCUT2D eigenvalue weighted by Crippen LogP contribution is -2.25. The van der Waals surface area contributed by atoms with E-state index in [4.69, 9.17) is 5.26 Å². The van der Waals surface area contributed by atoms with E-state index >= 15 is 0 Å². The molecular formula is C6H13N3. The molecule has 0 N–H and O–H groups in total. The Bertz CT molecular complexity index is 103. The molecule has 0 aliphatic rings. The summed E-state index contributed by atoms with van der Waals surface area (Å²) in [4.78, 5) is 3.66. The molecule has 0 amide bonds. The molecule has 0 atom stereocenters. The quantitative estimate of drug-likeness (QED) is 0.393. The van der Waals surface area contributed by atoms with Crippen molar-refractivity contribution in [3.8, 4) is 6.19 Å². The van der Waals surface area contributed by atoms with Crippen molar-refractivity contribution in [1.82, 2.24) is 9.80 Å². The fraction of sp³-hybridized carbons (Fsp3) is 0.833. The van der Waals surface area contributed by atoms with E-state index in [2.05, 4.69) is 0 Å². The van der Waals surface area contributed by atoms with Gasteiger partial charge in [-0.2, -0.15) is 5.26 Å². The Balaban J connectivity index is 3.19. The molecule has 3 nitrogen and oxygen atoms in total. The van der Waals surface area contributed by atoms with Crippen molar-refractivity contribution in [2.24, 2.45) is 0 Å². The highest BCUT2D eigenvalue weighted by molar-refractivity contribution is 4.68. The molecule has 3 heteroatoms. The van der Waals surface area contributed by atoms with Crippen molar-refractivity contribution in [3.63, 3.8) is 0 Å². The largest absolute Gasteiger partial charge is 0.312 e. The molecule has 0 saturated heterocycles. The van der Waals surface area contributed by atoms with Gasteiger partial charge in [0.25, 0.3) is 0 Å². The van der Waals surface area contributed by atoms with Gasteiger partial charge >= 0.3 is 0 Å².